The van der Waals surface area contributed by atoms with Crippen LogP contribution in [0.4, 0.5) is 0 Å². The monoisotopic (exact) mass is 335 g/mol. The van der Waals surface area contributed by atoms with Crippen molar-refractivity contribution in [2.75, 3.05) is 0 Å². The zero-order valence-electron chi connectivity index (χ0n) is 12.4. The molecule has 0 radical (unpaired) electrons. The van der Waals surface area contributed by atoms with E-state index in [2.05, 4.69) is 15.5 Å². The Morgan fingerprint density at radius 2 is 2.13 bits per heavy atom. The molecule has 0 bridgehead atoms. The standard InChI is InChI=1S/C15H17N3O4S/c19-11(16-15(14(20)21)6-1-2-7-15)3-4-12-17-18-13(22-12)10-5-8-23-9-10/h5,8-9H,1-4,6-7H2,(H,16,19)(H,20,21). The van der Waals surface area contributed by atoms with Gasteiger partial charge in [0.25, 0.3) is 0 Å². The summed E-state index contributed by atoms with van der Waals surface area (Å²) in [4.78, 5) is 23.5. The van der Waals surface area contributed by atoms with Crippen molar-refractivity contribution in [2.24, 2.45) is 0 Å². The van der Waals surface area contributed by atoms with E-state index in [0.717, 1.165) is 18.4 Å². The van der Waals surface area contributed by atoms with Gasteiger partial charge in [-0.05, 0) is 24.3 Å². The summed E-state index contributed by atoms with van der Waals surface area (Å²) in [5.41, 5.74) is -0.248. The van der Waals surface area contributed by atoms with Crippen LogP contribution in [-0.2, 0) is 16.0 Å². The van der Waals surface area contributed by atoms with Gasteiger partial charge >= 0.3 is 5.97 Å². The highest BCUT2D eigenvalue weighted by molar-refractivity contribution is 7.08. The van der Waals surface area contributed by atoms with Crippen molar-refractivity contribution in [3.63, 3.8) is 0 Å². The molecule has 1 amide bonds. The Morgan fingerprint density at radius 1 is 1.35 bits per heavy atom. The summed E-state index contributed by atoms with van der Waals surface area (Å²) in [5.74, 6) is -0.456. The lowest BCUT2D eigenvalue weighted by molar-refractivity contribution is -0.147. The maximum Gasteiger partial charge on any atom is 0.329 e. The molecule has 2 aromatic rings. The molecule has 2 aromatic heterocycles. The van der Waals surface area contributed by atoms with E-state index < -0.39 is 11.5 Å². The largest absolute Gasteiger partial charge is 0.480 e. The van der Waals surface area contributed by atoms with Gasteiger partial charge in [0.15, 0.2) is 0 Å². The summed E-state index contributed by atoms with van der Waals surface area (Å²) in [5, 5.41) is 23.7. The van der Waals surface area contributed by atoms with E-state index in [1.165, 1.54) is 11.3 Å². The predicted octanol–water partition coefficient (Wildman–Crippen LogP) is 2.24. The molecule has 1 fully saturated rings. The van der Waals surface area contributed by atoms with Gasteiger partial charge in [-0.3, -0.25) is 4.79 Å². The minimum absolute atomic E-state index is 0.125. The molecule has 1 aliphatic rings. The smallest absolute Gasteiger partial charge is 0.329 e. The molecule has 2 N–H and O–H groups in total. The number of nitrogens with one attached hydrogen (secondary N) is 1. The fraction of sp³-hybridized carbons (Fsp3) is 0.467. The van der Waals surface area contributed by atoms with E-state index in [-0.39, 0.29) is 12.3 Å². The van der Waals surface area contributed by atoms with Gasteiger partial charge in [0.05, 0.1) is 0 Å². The normalized spacial score (nSPS) is 16.3. The molecule has 0 spiro atoms. The molecule has 23 heavy (non-hydrogen) atoms. The van der Waals surface area contributed by atoms with Gasteiger partial charge in [0, 0.05) is 23.8 Å². The van der Waals surface area contributed by atoms with Gasteiger partial charge < -0.3 is 14.8 Å². The number of amides is 1. The number of aryl methyl sites for hydroxylation is 1. The number of hydrogen-bond donors (Lipinski definition) is 2. The molecule has 3 rings (SSSR count). The number of nitrogens with zero attached hydrogens (tertiary/aromatic N) is 2. The van der Waals surface area contributed by atoms with Gasteiger partial charge in [-0.1, -0.05) is 12.8 Å². The number of carbonyl (C=O) groups excluding carboxylic acids is 1. The van der Waals surface area contributed by atoms with Crippen LogP contribution < -0.4 is 5.32 Å². The minimum atomic E-state index is -1.10. The molecule has 0 unspecified atom stereocenters. The zero-order chi connectivity index (χ0) is 16.3. The second kappa shape index (κ2) is 6.49. The van der Waals surface area contributed by atoms with Gasteiger partial charge in [-0.25, -0.2) is 4.79 Å². The molecular weight excluding hydrogens is 318 g/mol. The number of carboxylic acids is 1. The Balaban J connectivity index is 1.56. The van der Waals surface area contributed by atoms with Crippen molar-refractivity contribution in [2.45, 2.75) is 44.1 Å². The van der Waals surface area contributed by atoms with Crippen LogP contribution in [0.5, 0.6) is 0 Å². The molecular formula is C15H17N3O4S. The third-order valence-electron chi connectivity index (χ3n) is 4.05. The number of hydrogen-bond acceptors (Lipinski definition) is 6. The van der Waals surface area contributed by atoms with Crippen LogP contribution in [0, 0.1) is 0 Å². The van der Waals surface area contributed by atoms with Crippen molar-refractivity contribution in [3.05, 3.63) is 22.7 Å². The fourth-order valence-corrected chi connectivity index (χ4v) is 3.41. The van der Waals surface area contributed by atoms with E-state index in [1.807, 2.05) is 16.8 Å². The summed E-state index contributed by atoms with van der Waals surface area (Å²) in [6.45, 7) is 0. The lowest BCUT2D eigenvalue weighted by Crippen LogP contribution is -2.52. The van der Waals surface area contributed by atoms with Crippen LogP contribution in [0.2, 0.25) is 0 Å². The van der Waals surface area contributed by atoms with Crippen molar-refractivity contribution in [1.29, 1.82) is 0 Å². The topological polar surface area (TPSA) is 105 Å². The van der Waals surface area contributed by atoms with E-state index >= 15 is 0 Å². The average Bonchev–Trinajstić information content (AvgIpc) is 3.26. The number of carboxylic acid groups (broad SMARTS) is 1. The van der Waals surface area contributed by atoms with Gasteiger partial charge in [0.1, 0.15) is 5.54 Å². The third kappa shape index (κ3) is 3.42. The van der Waals surface area contributed by atoms with E-state index in [1.54, 1.807) is 0 Å². The van der Waals surface area contributed by atoms with E-state index in [0.29, 0.717) is 31.0 Å². The first-order chi connectivity index (χ1) is 11.1. The van der Waals surface area contributed by atoms with E-state index in [4.69, 9.17) is 4.42 Å². The quantitative estimate of drug-likeness (QED) is 0.839. The highest BCUT2D eigenvalue weighted by Crippen LogP contribution is 2.30. The van der Waals surface area contributed by atoms with Crippen LogP contribution in [0.15, 0.2) is 21.2 Å². The van der Waals surface area contributed by atoms with Crippen LogP contribution in [0.25, 0.3) is 11.5 Å². The highest BCUT2D eigenvalue weighted by Gasteiger charge is 2.42. The number of thiophene rings is 1. The Kier molecular flexibility index (Phi) is 4.42. The Morgan fingerprint density at radius 3 is 2.78 bits per heavy atom. The van der Waals surface area contributed by atoms with Crippen LogP contribution in [-0.4, -0.2) is 32.7 Å². The molecule has 122 valence electrons. The van der Waals surface area contributed by atoms with Crippen molar-refractivity contribution >= 4 is 23.2 Å². The molecule has 0 atom stereocenters. The molecule has 2 heterocycles. The summed E-state index contributed by atoms with van der Waals surface area (Å²) in [6, 6.07) is 1.88. The van der Waals surface area contributed by atoms with E-state index in [9.17, 15) is 14.7 Å². The van der Waals surface area contributed by atoms with Crippen LogP contribution >= 0.6 is 11.3 Å². The Hall–Kier alpha value is -2.22. The molecule has 8 heteroatoms. The predicted molar refractivity (Wildman–Crippen MR) is 82.9 cm³/mol. The summed E-state index contributed by atoms with van der Waals surface area (Å²) in [6.07, 6.45) is 3.02. The Bertz CT molecular complexity index is 689. The number of aromatic nitrogens is 2. The van der Waals surface area contributed by atoms with Crippen molar-refractivity contribution in [1.82, 2.24) is 15.5 Å². The highest BCUT2D eigenvalue weighted by atomic mass is 32.1. The average molecular weight is 335 g/mol. The molecule has 1 aliphatic carbocycles. The molecule has 1 saturated carbocycles. The maximum absolute atomic E-state index is 12.1. The SMILES string of the molecule is O=C(CCc1nnc(-c2ccsc2)o1)NC1(C(=O)O)CCCC1. The second-order valence-corrected chi connectivity index (χ2v) is 6.44. The Labute approximate surface area is 136 Å². The first-order valence-corrected chi connectivity index (χ1v) is 8.43. The fourth-order valence-electron chi connectivity index (χ4n) is 2.78. The summed E-state index contributed by atoms with van der Waals surface area (Å²) in [7, 11) is 0. The number of rotatable bonds is 6. The van der Waals surface area contributed by atoms with Gasteiger partial charge in [0.2, 0.25) is 17.7 Å². The second-order valence-electron chi connectivity index (χ2n) is 5.66. The van der Waals surface area contributed by atoms with Crippen LogP contribution in [0.1, 0.15) is 38.0 Å². The van der Waals surface area contributed by atoms with Crippen LogP contribution in [0.3, 0.4) is 0 Å². The molecule has 0 aliphatic heterocycles. The molecule has 7 nitrogen and oxygen atoms in total. The number of aliphatic carboxylic acids is 1. The summed E-state index contributed by atoms with van der Waals surface area (Å²) < 4.78 is 5.51. The first kappa shape index (κ1) is 15.7. The maximum atomic E-state index is 12.1. The minimum Gasteiger partial charge on any atom is -0.480 e. The molecule has 0 saturated heterocycles. The first-order valence-electron chi connectivity index (χ1n) is 7.48. The lowest BCUT2D eigenvalue weighted by Gasteiger charge is -2.25. The van der Waals surface area contributed by atoms with Gasteiger partial charge in [-0.15, -0.1) is 10.2 Å². The third-order valence-corrected chi connectivity index (χ3v) is 4.73. The van der Waals surface area contributed by atoms with Crippen molar-refractivity contribution in [3.8, 4) is 11.5 Å². The summed E-state index contributed by atoms with van der Waals surface area (Å²) >= 11 is 1.53. The lowest BCUT2D eigenvalue weighted by atomic mass is 9.97. The molecule has 0 aromatic carbocycles. The number of carbonyl (C=O) groups is 2. The van der Waals surface area contributed by atoms with Crippen molar-refractivity contribution < 1.29 is 19.1 Å². The zero-order valence-corrected chi connectivity index (χ0v) is 13.3. The van der Waals surface area contributed by atoms with Gasteiger partial charge in [-0.2, -0.15) is 11.3 Å².